The van der Waals surface area contributed by atoms with Crippen LogP contribution in [-0.4, -0.2) is 51.2 Å². The number of β-amino-alcohol motifs (C(OH)–C–C–N with tert-alkyl or cyclic N) is 1. The molecule has 1 aromatic carbocycles. The number of carbonyl (C=O) groups excluding carboxylic acids is 1. The van der Waals surface area contributed by atoms with Crippen molar-refractivity contribution in [2.24, 2.45) is 0 Å². The summed E-state index contributed by atoms with van der Waals surface area (Å²) in [5.74, 6) is 0.541. The Balaban J connectivity index is 1.47. The van der Waals surface area contributed by atoms with E-state index in [9.17, 15) is 9.90 Å². The number of benzene rings is 1. The number of hydrogen-bond acceptors (Lipinski definition) is 6. The summed E-state index contributed by atoms with van der Waals surface area (Å²) in [7, 11) is 0. The third-order valence-corrected chi connectivity index (χ3v) is 4.65. The van der Waals surface area contributed by atoms with Crippen LogP contribution in [0.2, 0.25) is 0 Å². The van der Waals surface area contributed by atoms with E-state index in [2.05, 4.69) is 25.2 Å². The minimum Gasteiger partial charge on any atom is -0.389 e. The molecule has 0 bridgehead atoms. The van der Waals surface area contributed by atoms with E-state index < -0.39 is 6.10 Å². The first-order chi connectivity index (χ1) is 12.7. The van der Waals surface area contributed by atoms with E-state index in [-0.39, 0.29) is 17.6 Å². The first-order valence-corrected chi connectivity index (χ1v) is 8.56. The van der Waals surface area contributed by atoms with Gasteiger partial charge in [-0.15, -0.1) is 0 Å². The highest BCUT2D eigenvalue weighted by molar-refractivity contribution is 5.93. The fourth-order valence-corrected chi connectivity index (χ4v) is 3.31. The SMILES string of the molecule is O=C(N[C@@H]1CCN(c2nccc3ccccc23)C[C@H]1O)c1cnccn1. The van der Waals surface area contributed by atoms with Crippen molar-refractivity contribution in [3.8, 4) is 0 Å². The van der Waals surface area contributed by atoms with Crippen LogP contribution in [0.25, 0.3) is 10.8 Å². The van der Waals surface area contributed by atoms with Crippen molar-refractivity contribution in [1.82, 2.24) is 20.3 Å². The molecule has 1 aliphatic heterocycles. The Labute approximate surface area is 150 Å². The summed E-state index contributed by atoms with van der Waals surface area (Å²) in [4.78, 5) is 26.7. The highest BCUT2D eigenvalue weighted by Crippen LogP contribution is 2.26. The molecule has 2 aromatic heterocycles. The van der Waals surface area contributed by atoms with E-state index in [1.165, 1.54) is 18.6 Å². The molecule has 7 nitrogen and oxygen atoms in total. The van der Waals surface area contributed by atoms with E-state index in [0.717, 1.165) is 16.6 Å². The summed E-state index contributed by atoms with van der Waals surface area (Å²) in [5.41, 5.74) is 0.248. The van der Waals surface area contributed by atoms with E-state index >= 15 is 0 Å². The number of fused-ring (bicyclic) bond motifs is 1. The van der Waals surface area contributed by atoms with Crippen LogP contribution in [0.4, 0.5) is 5.82 Å². The predicted molar refractivity (Wildman–Crippen MR) is 97.9 cm³/mol. The van der Waals surface area contributed by atoms with Crippen LogP contribution in [0.3, 0.4) is 0 Å². The van der Waals surface area contributed by atoms with Gasteiger partial charge in [-0.05, 0) is 17.9 Å². The van der Waals surface area contributed by atoms with E-state index in [1.54, 1.807) is 6.20 Å². The Morgan fingerprint density at radius 2 is 2.04 bits per heavy atom. The number of nitrogens with one attached hydrogen (secondary N) is 1. The smallest absolute Gasteiger partial charge is 0.271 e. The van der Waals surface area contributed by atoms with Crippen molar-refractivity contribution in [1.29, 1.82) is 0 Å². The van der Waals surface area contributed by atoms with Gasteiger partial charge in [0.05, 0.1) is 18.3 Å². The molecule has 7 heteroatoms. The lowest BCUT2D eigenvalue weighted by molar-refractivity contribution is 0.0793. The Bertz CT molecular complexity index is 913. The maximum Gasteiger partial charge on any atom is 0.271 e. The van der Waals surface area contributed by atoms with Gasteiger partial charge in [-0.1, -0.05) is 24.3 Å². The number of piperidine rings is 1. The second-order valence-electron chi connectivity index (χ2n) is 6.33. The lowest BCUT2D eigenvalue weighted by atomic mass is 10.0. The number of rotatable bonds is 3. The predicted octanol–water partition coefficient (Wildman–Crippen LogP) is 1.39. The second-order valence-corrected chi connectivity index (χ2v) is 6.33. The highest BCUT2D eigenvalue weighted by atomic mass is 16.3. The molecule has 1 aliphatic rings. The van der Waals surface area contributed by atoms with Gasteiger partial charge >= 0.3 is 0 Å². The zero-order valence-corrected chi connectivity index (χ0v) is 14.1. The van der Waals surface area contributed by atoms with Crippen LogP contribution in [0.5, 0.6) is 0 Å². The van der Waals surface area contributed by atoms with Gasteiger partial charge in [0.15, 0.2) is 0 Å². The minimum atomic E-state index is -0.690. The summed E-state index contributed by atoms with van der Waals surface area (Å²) >= 11 is 0. The molecule has 3 aromatic rings. The molecule has 0 aliphatic carbocycles. The second kappa shape index (κ2) is 7.05. The average Bonchev–Trinajstić information content (AvgIpc) is 2.69. The van der Waals surface area contributed by atoms with Crippen LogP contribution in [0, 0.1) is 0 Å². The number of aromatic nitrogens is 3. The van der Waals surface area contributed by atoms with Gasteiger partial charge in [-0.3, -0.25) is 9.78 Å². The molecule has 26 heavy (non-hydrogen) atoms. The van der Waals surface area contributed by atoms with Crippen molar-refractivity contribution in [3.63, 3.8) is 0 Å². The Hall–Kier alpha value is -3.06. The number of pyridine rings is 1. The fourth-order valence-electron chi connectivity index (χ4n) is 3.31. The van der Waals surface area contributed by atoms with Gasteiger partial charge in [0, 0.05) is 37.1 Å². The monoisotopic (exact) mass is 349 g/mol. The quantitative estimate of drug-likeness (QED) is 0.743. The van der Waals surface area contributed by atoms with Gasteiger partial charge in [0.1, 0.15) is 11.5 Å². The minimum absolute atomic E-state index is 0.248. The van der Waals surface area contributed by atoms with Gasteiger partial charge < -0.3 is 15.3 Å². The number of hydrogen-bond donors (Lipinski definition) is 2. The zero-order valence-electron chi connectivity index (χ0n) is 14.1. The number of nitrogens with zero attached hydrogens (tertiary/aromatic N) is 4. The third kappa shape index (κ3) is 3.21. The van der Waals surface area contributed by atoms with Crippen LogP contribution in [-0.2, 0) is 0 Å². The van der Waals surface area contributed by atoms with Crippen molar-refractivity contribution < 1.29 is 9.90 Å². The van der Waals surface area contributed by atoms with Crippen molar-refractivity contribution in [2.75, 3.05) is 18.0 Å². The van der Waals surface area contributed by atoms with E-state index in [0.29, 0.717) is 19.5 Å². The molecule has 132 valence electrons. The average molecular weight is 349 g/mol. The topological polar surface area (TPSA) is 91.2 Å². The summed E-state index contributed by atoms with van der Waals surface area (Å²) in [6.07, 6.45) is 6.12. The lowest BCUT2D eigenvalue weighted by Crippen LogP contribution is -2.54. The van der Waals surface area contributed by atoms with Crippen LogP contribution in [0.15, 0.2) is 55.1 Å². The maximum atomic E-state index is 12.2. The van der Waals surface area contributed by atoms with Crippen LogP contribution >= 0.6 is 0 Å². The Morgan fingerprint density at radius 1 is 1.15 bits per heavy atom. The molecule has 2 atom stereocenters. The van der Waals surface area contributed by atoms with Crippen molar-refractivity contribution in [2.45, 2.75) is 18.6 Å². The molecule has 2 N–H and O–H groups in total. The first-order valence-electron chi connectivity index (χ1n) is 8.56. The number of carbonyl (C=O) groups is 1. The fraction of sp³-hybridized carbons (Fsp3) is 0.263. The largest absolute Gasteiger partial charge is 0.389 e. The lowest BCUT2D eigenvalue weighted by Gasteiger charge is -2.37. The molecule has 0 saturated carbocycles. The van der Waals surface area contributed by atoms with Gasteiger partial charge in [0.25, 0.3) is 5.91 Å². The van der Waals surface area contributed by atoms with E-state index in [4.69, 9.17) is 0 Å². The van der Waals surface area contributed by atoms with Crippen molar-refractivity contribution >= 4 is 22.5 Å². The first kappa shape index (κ1) is 16.4. The molecule has 1 fully saturated rings. The number of aliphatic hydroxyl groups excluding tert-OH is 1. The molecular formula is C19H19N5O2. The van der Waals surface area contributed by atoms with Gasteiger partial charge in [0.2, 0.25) is 0 Å². The number of aliphatic hydroxyl groups is 1. The highest BCUT2D eigenvalue weighted by Gasteiger charge is 2.30. The Morgan fingerprint density at radius 3 is 2.85 bits per heavy atom. The summed E-state index contributed by atoms with van der Waals surface area (Å²) in [5, 5.41) is 15.6. The molecule has 3 heterocycles. The zero-order chi connectivity index (χ0) is 17.9. The number of anilines is 1. The molecule has 1 amide bonds. The molecule has 4 rings (SSSR count). The number of amides is 1. The van der Waals surface area contributed by atoms with Gasteiger partial charge in [-0.2, -0.15) is 0 Å². The molecule has 0 radical (unpaired) electrons. The normalized spacial score (nSPS) is 20.1. The maximum absolute atomic E-state index is 12.2. The van der Waals surface area contributed by atoms with Crippen LogP contribution in [0.1, 0.15) is 16.9 Å². The molecular weight excluding hydrogens is 330 g/mol. The van der Waals surface area contributed by atoms with Gasteiger partial charge in [-0.25, -0.2) is 9.97 Å². The Kier molecular flexibility index (Phi) is 4.45. The van der Waals surface area contributed by atoms with E-state index in [1.807, 2.05) is 30.3 Å². The standard InChI is InChI=1S/C19H19N5O2/c25-17-12-24(18-14-4-2-1-3-13(14)5-7-22-18)10-6-15(17)23-19(26)16-11-20-8-9-21-16/h1-5,7-9,11,15,17,25H,6,10,12H2,(H,23,26)/t15-,17-/m1/s1. The molecule has 0 spiro atoms. The van der Waals surface area contributed by atoms with Crippen LogP contribution < -0.4 is 10.2 Å². The molecule has 1 saturated heterocycles. The van der Waals surface area contributed by atoms with Crippen molar-refractivity contribution in [3.05, 3.63) is 60.8 Å². The molecule has 0 unspecified atom stereocenters. The summed E-state index contributed by atoms with van der Waals surface area (Å²) in [6, 6.07) is 9.71. The summed E-state index contributed by atoms with van der Waals surface area (Å²) in [6.45, 7) is 1.11. The summed E-state index contributed by atoms with van der Waals surface area (Å²) < 4.78 is 0. The third-order valence-electron chi connectivity index (χ3n) is 4.65.